The van der Waals surface area contributed by atoms with Crippen molar-refractivity contribution in [2.24, 2.45) is 0 Å². The van der Waals surface area contributed by atoms with E-state index in [9.17, 15) is 4.79 Å². The summed E-state index contributed by atoms with van der Waals surface area (Å²) in [6.07, 6.45) is 3.00. The highest BCUT2D eigenvalue weighted by atomic mass is 16.5. The molecular formula is C25H24N6O3. The number of hydrogen-bond acceptors (Lipinski definition) is 7. The number of hydrogen-bond donors (Lipinski definition) is 3. The van der Waals surface area contributed by atoms with Crippen LogP contribution in [0.25, 0.3) is 33.3 Å². The fourth-order valence-electron chi connectivity index (χ4n) is 4.48. The molecule has 172 valence electrons. The molecule has 1 aliphatic heterocycles. The van der Waals surface area contributed by atoms with Crippen molar-refractivity contribution in [2.45, 2.75) is 13.0 Å². The second-order valence-corrected chi connectivity index (χ2v) is 8.42. The molecule has 9 heteroatoms. The Morgan fingerprint density at radius 2 is 1.94 bits per heavy atom. The Morgan fingerprint density at radius 1 is 1.09 bits per heavy atom. The van der Waals surface area contributed by atoms with Crippen molar-refractivity contribution < 1.29 is 9.15 Å². The van der Waals surface area contributed by atoms with E-state index in [0.717, 1.165) is 59.6 Å². The summed E-state index contributed by atoms with van der Waals surface area (Å²) in [6.45, 7) is 5.12. The quantitative estimate of drug-likeness (QED) is 0.365. The van der Waals surface area contributed by atoms with Gasteiger partial charge in [0.2, 0.25) is 0 Å². The zero-order chi connectivity index (χ0) is 23.1. The lowest BCUT2D eigenvalue weighted by Gasteiger charge is -2.28. The van der Waals surface area contributed by atoms with Gasteiger partial charge in [0.15, 0.2) is 6.39 Å². The SMILES string of the molecule is C[C@@H](Nc1c(-c2nc3ccc(N4CCOCC4)cc3[nH]2)c(=O)[nH]c2ccccc12)c1cocn1. The molecule has 0 aliphatic carbocycles. The van der Waals surface area contributed by atoms with E-state index in [0.29, 0.717) is 17.1 Å². The van der Waals surface area contributed by atoms with E-state index in [2.05, 4.69) is 37.3 Å². The zero-order valence-corrected chi connectivity index (χ0v) is 18.7. The molecule has 34 heavy (non-hydrogen) atoms. The van der Waals surface area contributed by atoms with E-state index in [1.807, 2.05) is 37.3 Å². The Kier molecular flexibility index (Phi) is 5.03. The van der Waals surface area contributed by atoms with Crippen LogP contribution in [0.2, 0.25) is 0 Å². The molecule has 1 aliphatic rings. The van der Waals surface area contributed by atoms with Crippen molar-refractivity contribution in [2.75, 3.05) is 36.5 Å². The Morgan fingerprint density at radius 3 is 2.76 bits per heavy atom. The first-order valence-corrected chi connectivity index (χ1v) is 11.3. The average Bonchev–Trinajstić information content (AvgIpc) is 3.54. The summed E-state index contributed by atoms with van der Waals surface area (Å²) < 4.78 is 10.6. The van der Waals surface area contributed by atoms with Gasteiger partial charge < -0.3 is 29.3 Å². The predicted molar refractivity (Wildman–Crippen MR) is 131 cm³/mol. The standard InChI is InChI=1S/C25H24N6O3/c1-15(21-13-34-14-26-21)27-23-17-4-2-3-5-18(17)30-25(32)22(23)24-28-19-7-6-16(12-20(19)29-24)31-8-10-33-11-9-31/h2-7,12-15H,8-11H2,1H3,(H,28,29)(H2,27,30,32)/t15-/m1/s1. The molecule has 3 N–H and O–H groups in total. The van der Waals surface area contributed by atoms with Crippen LogP contribution in [0, 0.1) is 0 Å². The first-order valence-electron chi connectivity index (χ1n) is 11.3. The summed E-state index contributed by atoms with van der Waals surface area (Å²) in [4.78, 5) is 31.0. The molecule has 0 radical (unpaired) electrons. The molecule has 0 spiro atoms. The molecule has 1 fully saturated rings. The van der Waals surface area contributed by atoms with Crippen LogP contribution in [0.5, 0.6) is 0 Å². The van der Waals surface area contributed by atoms with Gasteiger partial charge in [0.05, 0.1) is 41.5 Å². The first kappa shape index (κ1) is 20.5. The third-order valence-corrected chi connectivity index (χ3v) is 6.26. The number of ether oxygens (including phenoxy) is 1. The van der Waals surface area contributed by atoms with Crippen molar-refractivity contribution >= 4 is 33.3 Å². The van der Waals surface area contributed by atoms with Crippen LogP contribution in [0.1, 0.15) is 18.7 Å². The molecule has 4 heterocycles. The number of oxazole rings is 1. The summed E-state index contributed by atoms with van der Waals surface area (Å²) in [5.74, 6) is 0.510. The van der Waals surface area contributed by atoms with Crippen LogP contribution < -0.4 is 15.8 Å². The number of anilines is 2. The third-order valence-electron chi connectivity index (χ3n) is 6.26. The number of nitrogens with zero attached hydrogens (tertiary/aromatic N) is 3. The third kappa shape index (κ3) is 3.60. The van der Waals surface area contributed by atoms with Crippen molar-refractivity contribution in [1.82, 2.24) is 19.9 Å². The molecule has 0 bridgehead atoms. The van der Waals surface area contributed by atoms with Gasteiger partial charge in [0.1, 0.15) is 23.3 Å². The second-order valence-electron chi connectivity index (χ2n) is 8.42. The lowest BCUT2D eigenvalue weighted by molar-refractivity contribution is 0.122. The van der Waals surface area contributed by atoms with E-state index in [-0.39, 0.29) is 11.6 Å². The highest BCUT2D eigenvalue weighted by molar-refractivity contribution is 5.99. The average molecular weight is 457 g/mol. The van der Waals surface area contributed by atoms with Gasteiger partial charge in [0, 0.05) is 24.2 Å². The van der Waals surface area contributed by atoms with Gasteiger partial charge in [-0.1, -0.05) is 18.2 Å². The number of H-pyrrole nitrogens is 2. The van der Waals surface area contributed by atoms with Crippen LogP contribution in [-0.2, 0) is 4.74 Å². The molecule has 2 aromatic carbocycles. The van der Waals surface area contributed by atoms with E-state index in [1.54, 1.807) is 6.26 Å². The van der Waals surface area contributed by atoms with Crippen molar-refractivity contribution in [1.29, 1.82) is 0 Å². The first-order chi connectivity index (χ1) is 16.7. The number of aromatic nitrogens is 4. The maximum absolute atomic E-state index is 13.3. The fraction of sp³-hybridized carbons (Fsp3) is 0.240. The number of fused-ring (bicyclic) bond motifs is 2. The lowest BCUT2D eigenvalue weighted by atomic mass is 10.1. The number of morpholine rings is 1. The minimum Gasteiger partial charge on any atom is -0.451 e. The molecule has 0 amide bonds. The molecule has 5 aromatic rings. The Hall–Kier alpha value is -4.11. The van der Waals surface area contributed by atoms with Gasteiger partial charge in [-0.05, 0) is 31.2 Å². The van der Waals surface area contributed by atoms with Crippen LogP contribution in [0.15, 0.2) is 64.3 Å². The van der Waals surface area contributed by atoms with E-state index < -0.39 is 0 Å². The van der Waals surface area contributed by atoms with Crippen molar-refractivity contribution in [3.63, 3.8) is 0 Å². The van der Waals surface area contributed by atoms with E-state index >= 15 is 0 Å². The lowest BCUT2D eigenvalue weighted by Crippen LogP contribution is -2.36. The van der Waals surface area contributed by atoms with E-state index in [1.165, 1.54) is 6.39 Å². The number of pyridine rings is 1. The fourth-order valence-corrected chi connectivity index (χ4v) is 4.48. The maximum Gasteiger partial charge on any atom is 0.261 e. The van der Waals surface area contributed by atoms with Crippen molar-refractivity contribution in [3.8, 4) is 11.4 Å². The van der Waals surface area contributed by atoms with Crippen LogP contribution in [0.4, 0.5) is 11.4 Å². The second kappa shape index (κ2) is 8.35. The highest BCUT2D eigenvalue weighted by Crippen LogP contribution is 2.33. The number of para-hydroxylation sites is 1. The minimum atomic E-state index is -0.221. The topological polar surface area (TPSA) is 112 Å². The summed E-state index contributed by atoms with van der Waals surface area (Å²) in [5, 5.41) is 4.37. The normalized spacial score (nSPS) is 15.1. The van der Waals surface area contributed by atoms with Gasteiger partial charge in [0.25, 0.3) is 5.56 Å². The van der Waals surface area contributed by atoms with Gasteiger partial charge >= 0.3 is 0 Å². The van der Waals surface area contributed by atoms with Gasteiger partial charge in [-0.3, -0.25) is 4.79 Å². The number of rotatable bonds is 5. The maximum atomic E-state index is 13.3. The summed E-state index contributed by atoms with van der Waals surface area (Å²) in [6, 6.07) is 13.7. The molecule has 0 unspecified atom stereocenters. The van der Waals surface area contributed by atoms with Crippen LogP contribution >= 0.6 is 0 Å². The molecule has 1 atom stereocenters. The summed E-state index contributed by atoms with van der Waals surface area (Å²) >= 11 is 0. The smallest absolute Gasteiger partial charge is 0.261 e. The molecular weight excluding hydrogens is 432 g/mol. The van der Waals surface area contributed by atoms with Crippen molar-refractivity contribution in [3.05, 3.63) is 71.2 Å². The number of imidazole rings is 1. The minimum absolute atomic E-state index is 0.181. The van der Waals surface area contributed by atoms with Crippen LogP contribution in [0.3, 0.4) is 0 Å². The Bertz CT molecular complexity index is 1520. The zero-order valence-electron chi connectivity index (χ0n) is 18.7. The van der Waals surface area contributed by atoms with Gasteiger partial charge in [-0.15, -0.1) is 0 Å². The summed E-state index contributed by atoms with van der Waals surface area (Å²) in [5.41, 5.74) is 5.21. The summed E-state index contributed by atoms with van der Waals surface area (Å²) in [7, 11) is 0. The molecule has 9 nitrogen and oxygen atoms in total. The molecule has 1 saturated heterocycles. The highest BCUT2D eigenvalue weighted by Gasteiger charge is 2.21. The number of benzene rings is 2. The molecule has 0 saturated carbocycles. The molecule has 6 rings (SSSR count). The monoisotopic (exact) mass is 456 g/mol. The predicted octanol–water partition coefficient (Wildman–Crippen LogP) is 4.07. The van der Waals surface area contributed by atoms with E-state index in [4.69, 9.17) is 14.1 Å². The van der Waals surface area contributed by atoms with Crippen LogP contribution in [-0.4, -0.2) is 46.2 Å². The van der Waals surface area contributed by atoms with Gasteiger partial charge in [-0.2, -0.15) is 0 Å². The number of aromatic amines is 2. The Balaban J connectivity index is 1.48. The Labute approximate surface area is 194 Å². The largest absolute Gasteiger partial charge is 0.451 e. The molecule has 3 aromatic heterocycles. The van der Waals surface area contributed by atoms with Gasteiger partial charge in [-0.25, -0.2) is 9.97 Å². The number of nitrogens with one attached hydrogen (secondary N) is 3.